The number of nitrogens with zero attached hydrogens (tertiary/aromatic N) is 3. The van der Waals surface area contributed by atoms with Crippen LogP contribution in [-0.4, -0.2) is 40.8 Å². The fourth-order valence-electron chi connectivity index (χ4n) is 2.07. The van der Waals surface area contributed by atoms with Crippen LogP contribution in [0, 0.1) is 0 Å². The first-order valence-corrected chi connectivity index (χ1v) is 7.80. The molecule has 0 amide bonds. The number of aromatic nitrogens is 2. The Hall–Kier alpha value is -1.36. The van der Waals surface area contributed by atoms with E-state index >= 15 is 0 Å². The van der Waals surface area contributed by atoms with Gasteiger partial charge in [0.1, 0.15) is 17.5 Å². The number of hydrogen-bond donors (Lipinski definition) is 2. The average molecular weight is 294 g/mol. The molecule has 120 valence electrons. The van der Waals surface area contributed by atoms with Crippen LogP contribution in [0.1, 0.15) is 53.8 Å². The van der Waals surface area contributed by atoms with E-state index in [1.165, 1.54) is 0 Å². The lowest BCUT2D eigenvalue weighted by molar-refractivity contribution is 0.288. The maximum atomic E-state index is 9.09. The van der Waals surface area contributed by atoms with Crippen LogP contribution in [0.3, 0.4) is 0 Å². The molecule has 5 heteroatoms. The first kappa shape index (κ1) is 17.7. The Balaban J connectivity index is 3.21. The molecule has 1 aromatic heterocycles. The number of aliphatic hydroxyl groups excluding tert-OH is 1. The summed E-state index contributed by atoms with van der Waals surface area (Å²) in [4.78, 5) is 11.6. The number of rotatable bonds is 7. The Morgan fingerprint density at radius 3 is 2.43 bits per heavy atom. The summed E-state index contributed by atoms with van der Waals surface area (Å²) in [5, 5.41) is 12.4. The van der Waals surface area contributed by atoms with E-state index in [2.05, 4.69) is 56.7 Å². The van der Waals surface area contributed by atoms with E-state index in [1.807, 2.05) is 6.07 Å². The summed E-state index contributed by atoms with van der Waals surface area (Å²) in [5.74, 6) is 2.63. The molecule has 0 fully saturated rings. The van der Waals surface area contributed by atoms with Crippen molar-refractivity contribution in [3.63, 3.8) is 0 Å². The van der Waals surface area contributed by atoms with E-state index in [9.17, 15) is 0 Å². The molecule has 0 unspecified atom stereocenters. The lowest BCUT2D eigenvalue weighted by Gasteiger charge is -2.29. The van der Waals surface area contributed by atoms with E-state index in [0.717, 1.165) is 37.0 Å². The minimum Gasteiger partial charge on any atom is -0.396 e. The second-order valence-corrected chi connectivity index (χ2v) is 6.58. The highest BCUT2D eigenvalue weighted by Gasteiger charge is 2.21. The van der Waals surface area contributed by atoms with E-state index in [4.69, 9.17) is 10.1 Å². The largest absolute Gasteiger partial charge is 0.396 e. The predicted octanol–water partition coefficient (Wildman–Crippen LogP) is 2.80. The third kappa shape index (κ3) is 5.16. The van der Waals surface area contributed by atoms with Crippen molar-refractivity contribution in [2.45, 2.75) is 59.4 Å². The van der Waals surface area contributed by atoms with Crippen LogP contribution in [-0.2, 0) is 5.41 Å². The summed E-state index contributed by atoms with van der Waals surface area (Å²) in [7, 11) is 0. The zero-order valence-electron chi connectivity index (χ0n) is 14.3. The summed E-state index contributed by atoms with van der Waals surface area (Å²) < 4.78 is 0. The van der Waals surface area contributed by atoms with Gasteiger partial charge in [-0.3, -0.25) is 0 Å². The minimum absolute atomic E-state index is 0.0974. The van der Waals surface area contributed by atoms with Crippen molar-refractivity contribution in [3.8, 4) is 0 Å². The van der Waals surface area contributed by atoms with Crippen LogP contribution in [0.15, 0.2) is 6.07 Å². The molecular weight excluding hydrogens is 264 g/mol. The second kappa shape index (κ2) is 7.59. The highest BCUT2D eigenvalue weighted by atomic mass is 16.3. The Morgan fingerprint density at radius 1 is 1.29 bits per heavy atom. The Labute approximate surface area is 128 Å². The minimum atomic E-state index is -0.0974. The first-order chi connectivity index (χ1) is 9.79. The maximum Gasteiger partial charge on any atom is 0.138 e. The van der Waals surface area contributed by atoms with E-state index < -0.39 is 0 Å². The predicted molar refractivity (Wildman–Crippen MR) is 89.1 cm³/mol. The second-order valence-electron chi connectivity index (χ2n) is 6.58. The number of anilines is 2. The summed E-state index contributed by atoms with van der Waals surface area (Å²) >= 11 is 0. The monoisotopic (exact) mass is 294 g/mol. The third-order valence-corrected chi connectivity index (χ3v) is 3.22. The molecule has 0 aliphatic rings. The van der Waals surface area contributed by atoms with Crippen LogP contribution >= 0.6 is 0 Å². The van der Waals surface area contributed by atoms with Gasteiger partial charge in [-0.2, -0.15) is 0 Å². The molecule has 0 radical (unpaired) electrons. The molecule has 0 atom stereocenters. The number of hydrogen-bond acceptors (Lipinski definition) is 5. The van der Waals surface area contributed by atoms with Crippen molar-refractivity contribution in [2.24, 2.45) is 0 Å². The van der Waals surface area contributed by atoms with E-state index in [0.29, 0.717) is 6.04 Å². The molecule has 1 aromatic rings. The summed E-state index contributed by atoms with van der Waals surface area (Å²) in [6, 6.07) is 2.32. The summed E-state index contributed by atoms with van der Waals surface area (Å²) in [6.45, 7) is 14.5. The van der Waals surface area contributed by atoms with Gasteiger partial charge in [-0.15, -0.1) is 0 Å². The Bertz CT molecular complexity index is 440. The standard InChI is InChI=1S/C16H30N4O/c1-7-17-13-11-14(19-15(18-13)16(4,5)6)20(12(2)3)9-8-10-21/h11-12,21H,7-10H2,1-6H3,(H,17,18,19). The van der Waals surface area contributed by atoms with Crippen molar-refractivity contribution < 1.29 is 5.11 Å². The van der Waals surface area contributed by atoms with Gasteiger partial charge in [0, 0.05) is 37.2 Å². The molecule has 0 saturated carbocycles. The molecule has 21 heavy (non-hydrogen) atoms. The van der Waals surface area contributed by atoms with Gasteiger partial charge in [0.2, 0.25) is 0 Å². The molecule has 1 rings (SSSR count). The zero-order chi connectivity index (χ0) is 16.0. The molecule has 0 saturated heterocycles. The molecule has 5 nitrogen and oxygen atoms in total. The van der Waals surface area contributed by atoms with Crippen molar-refractivity contribution in [1.29, 1.82) is 0 Å². The third-order valence-electron chi connectivity index (χ3n) is 3.22. The topological polar surface area (TPSA) is 61.3 Å². The Kier molecular flexibility index (Phi) is 6.40. The van der Waals surface area contributed by atoms with Crippen LogP contribution < -0.4 is 10.2 Å². The SMILES string of the molecule is CCNc1cc(N(CCCO)C(C)C)nc(C(C)(C)C)n1. The molecule has 1 heterocycles. The van der Waals surface area contributed by atoms with Crippen molar-refractivity contribution >= 4 is 11.6 Å². The van der Waals surface area contributed by atoms with Gasteiger partial charge in [-0.1, -0.05) is 20.8 Å². The van der Waals surface area contributed by atoms with Crippen LogP contribution in [0.25, 0.3) is 0 Å². The van der Waals surface area contributed by atoms with E-state index in [1.54, 1.807) is 0 Å². The lowest BCUT2D eigenvalue weighted by Crippen LogP contribution is -2.34. The number of nitrogens with one attached hydrogen (secondary N) is 1. The quantitative estimate of drug-likeness (QED) is 0.809. The highest BCUT2D eigenvalue weighted by Crippen LogP contribution is 2.25. The molecule has 0 aromatic carbocycles. The molecule has 0 spiro atoms. The lowest BCUT2D eigenvalue weighted by atomic mass is 9.95. The fourth-order valence-corrected chi connectivity index (χ4v) is 2.07. The maximum absolute atomic E-state index is 9.09. The normalized spacial score (nSPS) is 11.8. The van der Waals surface area contributed by atoms with Crippen molar-refractivity contribution in [3.05, 3.63) is 11.9 Å². The van der Waals surface area contributed by atoms with Gasteiger partial charge in [0.05, 0.1) is 0 Å². The molecule has 0 aliphatic carbocycles. The van der Waals surface area contributed by atoms with Crippen LogP contribution in [0.4, 0.5) is 11.6 Å². The molecule has 2 N–H and O–H groups in total. The van der Waals surface area contributed by atoms with Crippen molar-refractivity contribution in [2.75, 3.05) is 29.9 Å². The van der Waals surface area contributed by atoms with Gasteiger partial charge in [-0.05, 0) is 27.2 Å². The summed E-state index contributed by atoms with van der Waals surface area (Å²) in [6.07, 6.45) is 0.740. The average Bonchev–Trinajstić information content (AvgIpc) is 2.38. The zero-order valence-corrected chi connectivity index (χ0v) is 14.3. The fraction of sp³-hybridized carbons (Fsp3) is 0.750. The van der Waals surface area contributed by atoms with E-state index in [-0.39, 0.29) is 12.0 Å². The van der Waals surface area contributed by atoms with Gasteiger partial charge in [-0.25, -0.2) is 9.97 Å². The molecule has 0 aliphatic heterocycles. The van der Waals surface area contributed by atoms with Gasteiger partial charge in [0.15, 0.2) is 0 Å². The molecule has 0 bridgehead atoms. The van der Waals surface area contributed by atoms with Gasteiger partial charge >= 0.3 is 0 Å². The van der Waals surface area contributed by atoms with Gasteiger partial charge in [0.25, 0.3) is 0 Å². The van der Waals surface area contributed by atoms with Crippen LogP contribution in [0.2, 0.25) is 0 Å². The van der Waals surface area contributed by atoms with Gasteiger partial charge < -0.3 is 15.3 Å². The molecular formula is C16H30N4O. The Morgan fingerprint density at radius 2 is 1.95 bits per heavy atom. The van der Waals surface area contributed by atoms with Crippen LogP contribution in [0.5, 0.6) is 0 Å². The highest BCUT2D eigenvalue weighted by molar-refractivity contribution is 5.50. The summed E-state index contributed by atoms with van der Waals surface area (Å²) in [5.41, 5.74) is -0.0974. The smallest absolute Gasteiger partial charge is 0.138 e. The van der Waals surface area contributed by atoms with Crippen molar-refractivity contribution in [1.82, 2.24) is 9.97 Å². The first-order valence-electron chi connectivity index (χ1n) is 7.80. The number of aliphatic hydroxyl groups is 1.